The minimum Gasteiger partial charge on any atom is -0.467 e. The summed E-state index contributed by atoms with van der Waals surface area (Å²) in [6.07, 6.45) is 2.57. The van der Waals surface area contributed by atoms with Crippen LogP contribution in [0, 0.1) is 6.92 Å². The lowest BCUT2D eigenvalue weighted by molar-refractivity contribution is 0.414. The summed E-state index contributed by atoms with van der Waals surface area (Å²) < 4.78 is 5.59. The summed E-state index contributed by atoms with van der Waals surface area (Å²) in [7, 11) is 0. The largest absolute Gasteiger partial charge is 0.467 e. The summed E-state index contributed by atoms with van der Waals surface area (Å²) in [5.41, 5.74) is 2.31. The smallest absolute Gasteiger partial charge is 0.123 e. The fourth-order valence-corrected chi connectivity index (χ4v) is 2.34. The predicted molar refractivity (Wildman–Crippen MR) is 75.0 cm³/mol. The number of likely N-dealkylation sites (N-methyl/N-ethyl adjacent to an activating group) is 1. The number of aryl methyl sites for hydroxylation is 1. The van der Waals surface area contributed by atoms with E-state index in [1.165, 1.54) is 5.56 Å². The summed E-state index contributed by atoms with van der Waals surface area (Å²) in [5.74, 6) is 0.997. The van der Waals surface area contributed by atoms with E-state index in [2.05, 4.69) is 25.2 Å². The van der Waals surface area contributed by atoms with Gasteiger partial charge in [0.15, 0.2) is 0 Å². The molecule has 0 radical (unpaired) electrons. The Morgan fingerprint density at radius 1 is 1.28 bits per heavy atom. The second-order valence-corrected chi connectivity index (χ2v) is 4.78. The minimum absolute atomic E-state index is 0.171. The van der Waals surface area contributed by atoms with Gasteiger partial charge in [0.2, 0.25) is 0 Å². The Hall–Kier alpha value is -1.25. The van der Waals surface area contributed by atoms with Crippen molar-refractivity contribution in [1.29, 1.82) is 0 Å². The van der Waals surface area contributed by atoms with Gasteiger partial charge in [0, 0.05) is 5.02 Å². The molecule has 1 N–H and O–H groups in total. The van der Waals surface area contributed by atoms with Crippen molar-refractivity contribution in [2.75, 3.05) is 6.54 Å². The third kappa shape index (κ3) is 2.95. The van der Waals surface area contributed by atoms with Gasteiger partial charge in [-0.1, -0.05) is 36.7 Å². The van der Waals surface area contributed by atoms with Crippen LogP contribution < -0.4 is 5.32 Å². The maximum Gasteiger partial charge on any atom is 0.123 e. The first-order valence-electron chi connectivity index (χ1n) is 6.23. The Morgan fingerprint density at radius 3 is 2.67 bits per heavy atom. The highest BCUT2D eigenvalue weighted by Crippen LogP contribution is 2.25. The van der Waals surface area contributed by atoms with E-state index in [1.54, 1.807) is 6.26 Å². The van der Waals surface area contributed by atoms with Crippen LogP contribution in [0.3, 0.4) is 0 Å². The van der Waals surface area contributed by atoms with Gasteiger partial charge in [-0.25, -0.2) is 0 Å². The lowest BCUT2D eigenvalue weighted by atomic mass is 10.0. The van der Waals surface area contributed by atoms with Gasteiger partial charge in [0.25, 0.3) is 0 Å². The quantitative estimate of drug-likeness (QED) is 0.877. The second kappa shape index (κ2) is 6.07. The molecule has 2 rings (SSSR count). The molecule has 0 spiro atoms. The summed E-state index contributed by atoms with van der Waals surface area (Å²) in [4.78, 5) is 0. The van der Waals surface area contributed by atoms with Crippen molar-refractivity contribution in [2.45, 2.75) is 26.3 Å². The van der Waals surface area contributed by atoms with E-state index < -0.39 is 0 Å². The highest BCUT2D eigenvalue weighted by atomic mass is 35.5. The van der Waals surface area contributed by atoms with Crippen molar-refractivity contribution in [2.24, 2.45) is 0 Å². The van der Waals surface area contributed by atoms with Crippen LogP contribution in [0.4, 0.5) is 0 Å². The van der Waals surface area contributed by atoms with Crippen molar-refractivity contribution in [1.82, 2.24) is 5.32 Å². The minimum atomic E-state index is 0.171. The summed E-state index contributed by atoms with van der Waals surface area (Å²) in [6, 6.07) is 10.1. The van der Waals surface area contributed by atoms with Crippen LogP contribution in [0.25, 0.3) is 0 Å². The molecule has 0 aliphatic heterocycles. The molecule has 1 heterocycles. The number of hydrogen-bond donors (Lipinski definition) is 1. The van der Waals surface area contributed by atoms with Crippen molar-refractivity contribution in [3.63, 3.8) is 0 Å². The van der Waals surface area contributed by atoms with Gasteiger partial charge in [0.1, 0.15) is 5.76 Å². The third-order valence-corrected chi connectivity index (χ3v) is 3.42. The van der Waals surface area contributed by atoms with Crippen LogP contribution in [0.2, 0.25) is 5.02 Å². The summed E-state index contributed by atoms with van der Waals surface area (Å²) in [6.45, 7) is 5.06. The highest BCUT2D eigenvalue weighted by molar-refractivity contribution is 6.31. The lowest BCUT2D eigenvalue weighted by Crippen LogP contribution is -2.23. The van der Waals surface area contributed by atoms with Crippen LogP contribution in [0.15, 0.2) is 41.0 Å². The van der Waals surface area contributed by atoms with Crippen LogP contribution >= 0.6 is 11.6 Å². The number of nitrogens with one attached hydrogen (secondary N) is 1. The van der Waals surface area contributed by atoms with Gasteiger partial charge >= 0.3 is 0 Å². The number of rotatable bonds is 5. The molecule has 1 aromatic carbocycles. The van der Waals surface area contributed by atoms with E-state index in [1.807, 2.05) is 24.3 Å². The Labute approximate surface area is 113 Å². The number of benzene rings is 1. The van der Waals surface area contributed by atoms with Crippen LogP contribution in [0.5, 0.6) is 0 Å². The standard InChI is InChI=1S/C15H18ClNO/c1-3-17-14(15-11(2)8-9-18-15)10-12-6-4-5-7-13(12)16/h4-9,14,17H,3,10H2,1-2H3. The first-order valence-corrected chi connectivity index (χ1v) is 6.61. The Balaban J connectivity index is 2.22. The highest BCUT2D eigenvalue weighted by Gasteiger charge is 2.17. The summed E-state index contributed by atoms with van der Waals surface area (Å²) >= 11 is 6.21. The van der Waals surface area contributed by atoms with Crippen LogP contribution in [-0.4, -0.2) is 6.54 Å². The molecule has 0 saturated heterocycles. The number of hydrogen-bond acceptors (Lipinski definition) is 2. The molecular weight excluding hydrogens is 246 g/mol. The number of halogens is 1. The molecule has 0 amide bonds. The van der Waals surface area contributed by atoms with Crippen LogP contribution in [0.1, 0.15) is 29.9 Å². The topological polar surface area (TPSA) is 25.2 Å². The Kier molecular flexibility index (Phi) is 4.45. The molecule has 96 valence electrons. The molecule has 0 aliphatic carbocycles. The zero-order valence-corrected chi connectivity index (χ0v) is 11.5. The van der Waals surface area contributed by atoms with E-state index in [-0.39, 0.29) is 6.04 Å². The SMILES string of the molecule is CCNC(Cc1ccccc1Cl)c1occc1C. The fourth-order valence-electron chi connectivity index (χ4n) is 2.13. The van der Waals surface area contributed by atoms with Crippen molar-refractivity contribution < 1.29 is 4.42 Å². The molecule has 2 nitrogen and oxygen atoms in total. The monoisotopic (exact) mass is 263 g/mol. The Morgan fingerprint density at radius 2 is 2.06 bits per heavy atom. The zero-order chi connectivity index (χ0) is 13.0. The lowest BCUT2D eigenvalue weighted by Gasteiger charge is -2.17. The van der Waals surface area contributed by atoms with E-state index >= 15 is 0 Å². The molecule has 1 atom stereocenters. The van der Waals surface area contributed by atoms with Gasteiger partial charge in [-0.3, -0.25) is 0 Å². The molecule has 3 heteroatoms. The van der Waals surface area contributed by atoms with Crippen molar-refractivity contribution in [3.8, 4) is 0 Å². The van der Waals surface area contributed by atoms with E-state index in [0.717, 1.165) is 29.3 Å². The molecule has 1 unspecified atom stereocenters. The summed E-state index contributed by atoms with van der Waals surface area (Å²) in [5, 5.41) is 4.26. The predicted octanol–water partition coefficient (Wildman–Crippen LogP) is 4.13. The fraction of sp³-hybridized carbons (Fsp3) is 0.333. The molecule has 0 aliphatic rings. The van der Waals surface area contributed by atoms with Gasteiger partial charge in [0.05, 0.1) is 12.3 Å². The molecule has 1 aromatic heterocycles. The molecule has 2 aromatic rings. The van der Waals surface area contributed by atoms with Gasteiger partial charge in [-0.2, -0.15) is 0 Å². The maximum atomic E-state index is 6.21. The van der Waals surface area contributed by atoms with Crippen LogP contribution in [-0.2, 0) is 6.42 Å². The van der Waals surface area contributed by atoms with Gasteiger partial charge in [-0.15, -0.1) is 0 Å². The first kappa shape index (κ1) is 13.2. The van der Waals surface area contributed by atoms with E-state index in [9.17, 15) is 0 Å². The zero-order valence-electron chi connectivity index (χ0n) is 10.7. The molecule has 0 fully saturated rings. The normalized spacial score (nSPS) is 12.6. The Bertz CT molecular complexity index is 507. The number of furan rings is 1. The third-order valence-electron chi connectivity index (χ3n) is 3.05. The van der Waals surface area contributed by atoms with Crippen molar-refractivity contribution >= 4 is 11.6 Å². The van der Waals surface area contributed by atoms with E-state index in [4.69, 9.17) is 16.0 Å². The second-order valence-electron chi connectivity index (χ2n) is 4.37. The molecular formula is C15H18ClNO. The first-order chi connectivity index (χ1) is 8.72. The van der Waals surface area contributed by atoms with E-state index in [0.29, 0.717) is 0 Å². The molecule has 0 saturated carbocycles. The average Bonchev–Trinajstić information content (AvgIpc) is 2.78. The molecule has 0 bridgehead atoms. The van der Waals surface area contributed by atoms with Crippen molar-refractivity contribution in [3.05, 3.63) is 58.5 Å². The average molecular weight is 264 g/mol. The molecule has 18 heavy (non-hydrogen) atoms. The van der Waals surface area contributed by atoms with Gasteiger partial charge in [-0.05, 0) is 43.1 Å². The van der Waals surface area contributed by atoms with Gasteiger partial charge < -0.3 is 9.73 Å². The maximum absolute atomic E-state index is 6.21.